The van der Waals surface area contributed by atoms with Crippen LogP contribution in [0.2, 0.25) is 0 Å². The van der Waals surface area contributed by atoms with E-state index in [1.165, 1.54) is 17.7 Å². The molecule has 0 saturated heterocycles. The minimum absolute atomic E-state index is 0.303. The first-order valence-corrected chi connectivity index (χ1v) is 7.08. The Labute approximate surface area is 124 Å². The molecule has 3 heterocycles. The molecule has 6 nitrogen and oxygen atoms in total. The zero-order valence-corrected chi connectivity index (χ0v) is 12.0. The number of carboxylic acid groups (broad SMARTS) is 1. The quantitative estimate of drug-likeness (QED) is 0.770. The van der Waals surface area contributed by atoms with E-state index in [1.54, 1.807) is 19.3 Å². The van der Waals surface area contributed by atoms with Gasteiger partial charge in [-0.3, -0.25) is 4.98 Å². The highest BCUT2D eigenvalue weighted by Gasteiger charge is 2.18. The number of aromatic nitrogens is 3. The third-order valence-electron chi connectivity index (χ3n) is 3.13. The van der Waals surface area contributed by atoms with Crippen molar-refractivity contribution in [2.24, 2.45) is 0 Å². The van der Waals surface area contributed by atoms with E-state index in [4.69, 9.17) is 0 Å². The molecule has 2 N–H and O–H groups in total. The maximum absolute atomic E-state index is 11.2. The van der Waals surface area contributed by atoms with Gasteiger partial charge in [0.1, 0.15) is 21.9 Å². The topological polar surface area (TPSA) is 88.0 Å². The second kappa shape index (κ2) is 5.45. The summed E-state index contributed by atoms with van der Waals surface area (Å²) >= 11 is 1.17. The van der Waals surface area contributed by atoms with Gasteiger partial charge in [0.05, 0.1) is 5.39 Å². The minimum Gasteiger partial charge on any atom is -0.477 e. The van der Waals surface area contributed by atoms with Crippen molar-refractivity contribution in [1.82, 2.24) is 15.0 Å². The van der Waals surface area contributed by atoms with Crippen LogP contribution in [0, 0.1) is 6.92 Å². The number of rotatable bonds is 4. The Morgan fingerprint density at radius 3 is 2.81 bits per heavy atom. The zero-order valence-electron chi connectivity index (χ0n) is 11.2. The van der Waals surface area contributed by atoms with E-state index >= 15 is 0 Å². The largest absolute Gasteiger partial charge is 0.477 e. The van der Waals surface area contributed by atoms with E-state index in [0.29, 0.717) is 27.6 Å². The summed E-state index contributed by atoms with van der Waals surface area (Å²) in [7, 11) is 0. The van der Waals surface area contributed by atoms with Gasteiger partial charge in [-0.05, 0) is 30.2 Å². The monoisotopic (exact) mass is 300 g/mol. The van der Waals surface area contributed by atoms with Gasteiger partial charge in [-0.15, -0.1) is 11.3 Å². The van der Waals surface area contributed by atoms with Gasteiger partial charge in [0, 0.05) is 18.9 Å². The first-order valence-electron chi connectivity index (χ1n) is 6.27. The fraction of sp³-hybridized carbons (Fsp3) is 0.143. The van der Waals surface area contributed by atoms with Crippen molar-refractivity contribution in [3.63, 3.8) is 0 Å². The van der Waals surface area contributed by atoms with Crippen LogP contribution < -0.4 is 5.32 Å². The van der Waals surface area contributed by atoms with E-state index in [1.807, 2.05) is 12.1 Å². The number of aromatic carboxylic acids is 1. The number of thiophene rings is 1. The van der Waals surface area contributed by atoms with E-state index in [2.05, 4.69) is 20.3 Å². The average Bonchev–Trinajstić information content (AvgIpc) is 2.84. The molecule has 21 heavy (non-hydrogen) atoms. The van der Waals surface area contributed by atoms with Crippen LogP contribution >= 0.6 is 11.3 Å². The molecule has 3 rings (SSSR count). The van der Waals surface area contributed by atoms with E-state index in [0.717, 1.165) is 10.9 Å². The lowest BCUT2D eigenvalue weighted by Gasteiger charge is -2.07. The molecule has 3 aromatic rings. The third kappa shape index (κ3) is 2.55. The minimum atomic E-state index is -0.935. The summed E-state index contributed by atoms with van der Waals surface area (Å²) in [5, 5.41) is 13.2. The number of carbonyl (C=O) groups is 1. The molecule has 0 aliphatic carbocycles. The van der Waals surface area contributed by atoms with Gasteiger partial charge < -0.3 is 10.4 Å². The van der Waals surface area contributed by atoms with Crippen molar-refractivity contribution < 1.29 is 9.90 Å². The molecule has 7 heteroatoms. The van der Waals surface area contributed by atoms with E-state index in [-0.39, 0.29) is 0 Å². The molecule has 106 valence electrons. The zero-order chi connectivity index (χ0) is 14.8. The van der Waals surface area contributed by atoms with Crippen molar-refractivity contribution >= 4 is 33.3 Å². The van der Waals surface area contributed by atoms with E-state index < -0.39 is 5.97 Å². The molecular weight excluding hydrogens is 288 g/mol. The number of nitrogens with zero attached hydrogens (tertiary/aromatic N) is 3. The van der Waals surface area contributed by atoms with Crippen LogP contribution in [0.15, 0.2) is 30.9 Å². The standard InChI is InChI=1S/C14H12N4O2S/c1-8-10-12(16-6-9-2-4-15-5-3-9)17-7-18-13(10)21-11(8)14(19)20/h2-5,7H,6H2,1H3,(H,19,20)(H,16,17,18). The summed E-state index contributed by atoms with van der Waals surface area (Å²) in [6, 6.07) is 3.82. The van der Waals surface area contributed by atoms with Crippen LogP contribution in [0.5, 0.6) is 0 Å². The normalized spacial score (nSPS) is 10.7. The fourth-order valence-electron chi connectivity index (χ4n) is 2.10. The summed E-state index contributed by atoms with van der Waals surface area (Å²) in [6.07, 6.45) is 4.90. The number of nitrogens with one attached hydrogen (secondary N) is 1. The molecule has 3 aromatic heterocycles. The molecule has 0 aromatic carbocycles. The SMILES string of the molecule is Cc1c(C(=O)O)sc2ncnc(NCc3ccncc3)c12. The number of carboxylic acids is 1. The number of hydrogen-bond donors (Lipinski definition) is 2. The van der Waals surface area contributed by atoms with Crippen molar-refractivity contribution in [1.29, 1.82) is 0 Å². The Kier molecular flexibility index (Phi) is 3.49. The van der Waals surface area contributed by atoms with Crippen molar-refractivity contribution in [3.8, 4) is 0 Å². The molecular formula is C14H12N4O2S. The Bertz CT molecular complexity index is 801. The Morgan fingerprint density at radius 1 is 1.33 bits per heavy atom. The van der Waals surface area contributed by atoms with Crippen molar-refractivity contribution in [2.45, 2.75) is 13.5 Å². The van der Waals surface area contributed by atoms with Crippen LogP contribution in [0.3, 0.4) is 0 Å². The van der Waals surface area contributed by atoms with Crippen LogP contribution in [0.1, 0.15) is 20.8 Å². The Balaban J connectivity index is 1.97. The van der Waals surface area contributed by atoms with Crippen LogP contribution in [0.25, 0.3) is 10.2 Å². The smallest absolute Gasteiger partial charge is 0.346 e. The maximum Gasteiger partial charge on any atom is 0.346 e. The second-order valence-electron chi connectivity index (χ2n) is 4.47. The molecule has 0 atom stereocenters. The van der Waals surface area contributed by atoms with Crippen LogP contribution in [-0.4, -0.2) is 26.0 Å². The summed E-state index contributed by atoms with van der Waals surface area (Å²) in [6.45, 7) is 2.37. The molecule has 0 aliphatic heterocycles. The molecule has 0 unspecified atom stereocenters. The predicted molar refractivity (Wildman–Crippen MR) is 80.7 cm³/mol. The summed E-state index contributed by atoms with van der Waals surface area (Å²) < 4.78 is 0. The van der Waals surface area contributed by atoms with E-state index in [9.17, 15) is 9.90 Å². The van der Waals surface area contributed by atoms with Gasteiger partial charge in [0.15, 0.2) is 0 Å². The molecule has 0 amide bonds. The highest BCUT2D eigenvalue weighted by Crippen LogP contribution is 2.33. The van der Waals surface area contributed by atoms with Crippen LogP contribution in [0.4, 0.5) is 5.82 Å². The highest BCUT2D eigenvalue weighted by molar-refractivity contribution is 7.20. The third-order valence-corrected chi connectivity index (χ3v) is 4.32. The van der Waals surface area contributed by atoms with Gasteiger partial charge in [0.2, 0.25) is 0 Å². The molecule has 0 bridgehead atoms. The predicted octanol–water partition coefficient (Wildman–Crippen LogP) is 2.71. The lowest BCUT2D eigenvalue weighted by atomic mass is 10.2. The van der Waals surface area contributed by atoms with Crippen LogP contribution in [-0.2, 0) is 6.54 Å². The summed E-state index contributed by atoms with van der Waals surface area (Å²) in [5.41, 5.74) is 1.77. The number of pyridine rings is 1. The molecule has 0 spiro atoms. The lowest BCUT2D eigenvalue weighted by molar-refractivity contribution is 0.0701. The van der Waals surface area contributed by atoms with Crippen molar-refractivity contribution in [3.05, 3.63) is 46.9 Å². The van der Waals surface area contributed by atoms with Gasteiger partial charge in [-0.25, -0.2) is 14.8 Å². The number of aryl methyl sites for hydroxylation is 1. The van der Waals surface area contributed by atoms with Gasteiger partial charge >= 0.3 is 5.97 Å². The summed E-state index contributed by atoms with van der Waals surface area (Å²) in [5.74, 6) is -0.284. The maximum atomic E-state index is 11.2. The molecule has 0 radical (unpaired) electrons. The number of hydrogen-bond acceptors (Lipinski definition) is 6. The molecule has 0 fully saturated rings. The highest BCUT2D eigenvalue weighted by atomic mass is 32.1. The Hall–Kier alpha value is -2.54. The fourth-order valence-corrected chi connectivity index (χ4v) is 3.08. The van der Waals surface area contributed by atoms with Gasteiger partial charge in [-0.1, -0.05) is 0 Å². The summed E-state index contributed by atoms with van der Waals surface area (Å²) in [4.78, 5) is 24.6. The Morgan fingerprint density at radius 2 is 2.10 bits per heavy atom. The first kappa shape index (κ1) is 13.4. The molecule has 0 aliphatic rings. The number of anilines is 1. The van der Waals surface area contributed by atoms with Gasteiger partial charge in [0.25, 0.3) is 0 Å². The van der Waals surface area contributed by atoms with Gasteiger partial charge in [-0.2, -0.15) is 0 Å². The lowest BCUT2D eigenvalue weighted by Crippen LogP contribution is -2.02. The van der Waals surface area contributed by atoms with Crippen molar-refractivity contribution in [2.75, 3.05) is 5.32 Å². The molecule has 0 saturated carbocycles. The number of fused-ring (bicyclic) bond motifs is 1. The second-order valence-corrected chi connectivity index (χ2v) is 5.47. The first-order chi connectivity index (χ1) is 10.2. The average molecular weight is 300 g/mol.